The average molecular weight is 490 g/mol. The van der Waals surface area contributed by atoms with Crippen molar-refractivity contribution in [3.8, 4) is 16.2 Å². The van der Waals surface area contributed by atoms with E-state index < -0.39 is 0 Å². The van der Waals surface area contributed by atoms with Gasteiger partial charge in [0.25, 0.3) is 5.91 Å². The summed E-state index contributed by atoms with van der Waals surface area (Å²) >= 11 is 1.66. The lowest BCUT2D eigenvalue weighted by Gasteiger charge is -2.26. The molecule has 5 rings (SSSR count). The molecule has 180 valence electrons. The zero-order valence-corrected chi connectivity index (χ0v) is 20.3. The number of nitrogens with zero attached hydrogens (tertiary/aromatic N) is 1. The maximum atomic E-state index is 12.7. The lowest BCUT2D eigenvalue weighted by Crippen LogP contribution is -2.38. The van der Waals surface area contributed by atoms with Gasteiger partial charge in [0.1, 0.15) is 12.4 Å². The molecule has 1 aromatic heterocycles. The molecular weight excluding hydrogens is 462 g/mol. The number of rotatable bonds is 7. The van der Waals surface area contributed by atoms with Crippen LogP contribution < -0.4 is 15.4 Å². The third-order valence-corrected chi connectivity index (χ3v) is 6.90. The fourth-order valence-corrected chi connectivity index (χ4v) is 5.03. The topological polar surface area (TPSA) is 79.9 Å². The van der Waals surface area contributed by atoms with Gasteiger partial charge in [0.15, 0.2) is 0 Å². The molecule has 0 saturated carbocycles. The highest BCUT2D eigenvalue weighted by Crippen LogP contribution is 2.38. The second-order valence-corrected chi connectivity index (χ2v) is 9.44. The van der Waals surface area contributed by atoms with Gasteiger partial charge < -0.3 is 20.1 Å². The van der Waals surface area contributed by atoms with Crippen LogP contribution in [0.3, 0.4) is 0 Å². The van der Waals surface area contributed by atoms with Gasteiger partial charge in [-0.15, -0.1) is 11.3 Å². The maximum Gasteiger partial charge on any atom is 0.256 e. The number of thiophene rings is 1. The third kappa shape index (κ3) is 5.45. The summed E-state index contributed by atoms with van der Waals surface area (Å²) in [6.07, 6.45) is 1.90. The van der Waals surface area contributed by atoms with Crippen molar-refractivity contribution in [2.45, 2.75) is 6.92 Å². The Bertz CT molecular complexity index is 1260. The van der Waals surface area contributed by atoms with Crippen molar-refractivity contribution in [3.05, 3.63) is 65.0 Å². The van der Waals surface area contributed by atoms with E-state index in [1.807, 2.05) is 35.7 Å². The van der Waals surface area contributed by atoms with Crippen LogP contribution in [-0.2, 0) is 14.3 Å². The molecule has 2 amide bonds. The number of nitrogens with one attached hydrogen (secondary N) is 2. The van der Waals surface area contributed by atoms with Crippen LogP contribution in [0.1, 0.15) is 18.1 Å². The summed E-state index contributed by atoms with van der Waals surface area (Å²) in [5.41, 5.74) is 4.67. The summed E-state index contributed by atoms with van der Waals surface area (Å²) in [6, 6.07) is 15.6. The van der Waals surface area contributed by atoms with Gasteiger partial charge in [0, 0.05) is 53.8 Å². The number of fused-ring (bicyclic) bond motifs is 1. The standard InChI is InChI=1S/C27H27N3O4S/c1-18(31)28-20-5-6-21-22(27(32)29-24(21)17-20)15-19-4-7-25(23(16-19)26-3-2-14-35-26)34-13-10-30-8-11-33-12-9-30/h2-7,14-17H,8-13H2,1H3,(H,28,31)(H,29,32). The Morgan fingerprint density at radius 3 is 2.80 bits per heavy atom. The summed E-state index contributed by atoms with van der Waals surface area (Å²) in [5, 5.41) is 7.70. The Hall–Kier alpha value is -3.46. The van der Waals surface area contributed by atoms with Crippen molar-refractivity contribution in [2.75, 3.05) is 50.1 Å². The van der Waals surface area contributed by atoms with Gasteiger partial charge in [0.2, 0.25) is 5.91 Å². The second-order valence-electron chi connectivity index (χ2n) is 8.49. The molecule has 35 heavy (non-hydrogen) atoms. The van der Waals surface area contributed by atoms with Gasteiger partial charge in [-0.1, -0.05) is 18.2 Å². The third-order valence-electron chi connectivity index (χ3n) is 5.99. The Morgan fingerprint density at radius 2 is 2.03 bits per heavy atom. The van der Waals surface area contributed by atoms with Crippen LogP contribution in [0.15, 0.2) is 53.9 Å². The minimum absolute atomic E-state index is 0.154. The van der Waals surface area contributed by atoms with Crippen molar-refractivity contribution in [1.29, 1.82) is 0 Å². The maximum absolute atomic E-state index is 12.7. The van der Waals surface area contributed by atoms with Crippen LogP contribution in [0.2, 0.25) is 0 Å². The van der Waals surface area contributed by atoms with E-state index in [0.717, 1.165) is 60.2 Å². The Kier molecular flexibility index (Phi) is 6.94. The van der Waals surface area contributed by atoms with Gasteiger partial charge >= 0.3 is 0 Å². The van der Waals surface area contributed by atoms with E-state index in [1.54, 1.807) is 23.5 Å². The summed E-state index contributed by atoms with van der Waals surface area (Å²) in [7, 11) is 0. The summed E-state index contributed by atoms with van der Waals surface area (Å²) in [4.78, 5) is 27.6. The van der Waals surface area contributed by atoms with Gasteiger partial charge in [0.05, 0.1) is 18.9 Å². The fourth-order valence-electron chi connectivity index (χ4n) is 4.28. The van der Waals surface area contributed by atoms with E-state index in [-0.39, 0.29) is 11.8 Å². The number of hydrogen-bond donors (Lipinski definition) is 2. The number of amides is 2. The number of anilines is 2. The highest BCUT2D eigenvalue weighted by molar-refractivity contribution is 7.13. The molecule has 2 aliphatic rings. The van der Waals surface area contributed by atoms with Crippen LogP contribution in [0.25, 0.3) is 22.1 Å². The van der Waals surface area contributed by atoms with E-state index in [1.165, 1.54) is 6.92 Å². The minimum Gasteiger partial charge on any atom is -0.492 e. The minimum atomic E-state index is -0.163. The zero-order valence-electron chi connectivity index (χ0n) is 19.5. The number of hydrogen-bond acceptors (Lipinski definition) is 6. The quantitative estimate of drug-likeness (QED) is 0.475. The first kappa shape index (κ1) is 23.3. The number of morpholine rings is 1. The smallest absolute Gasteiger partial charge is 0.256 e. The van der Waals surface area contributed by atoms with E-state index in [9.17, 15) is 9.59 Å². The molecular formula is C27H27N3O4S. The summed E-state index contributed by atoms with van der Waals surface area (Å²) < 4.78 is 11.6. The monoisotopic (exact) mass is 489 g/mol. The van der Waals surface area contributed by atoms with Crippen LogP contribution in [0.5, 0.6) is 5.75 Å². The Balaban J connectivity index is 1.39. The van der Waals surface area contributed by atoms with Crippen molar-refractivity contribution < 1.29 is 19.1 Å². The summed E-state index contributed by atoms with van der Waals surface area (Å²) in [5.74, 6) is 0.515. The number of carbonyl (C=O) groups excluding carboxylic acids is 2. The highest BCUT2D eigenvalue weighted by Gasteiger charge is 2.24. The highest BCUT2D eigenvalue weighted by atomic mass is 32.1. The van der Waals surface area contributed by atoms with Gasteiger partial charge in [-0.25, -0.2) is 0 Å². The first-order valence-corrected chi connectivity index (χ1v) is 12.5. The number of benzene rings is 2. The number of ether oxygens (including phenoxy) is 2. The normalized spacial score (nSPS) is 16.7. The van der Waals surface area contributed by atoms with E-state index in [2.05, 4.69) is 27.7 Å². The molecule has 2 N–H and O–H groups in total. The zero-order chi connectivity index (χ0) is 24.2. The molecule has 7 nitrogen and oxygen atoms in total. The van der Waals surface area contributed by atoms with Gasteiger partial charge in [-0.3, -0.25) is 14.5 Å². The molecule has 3 heterocycles. The lowest BCUT2D eigenvalue weighted by atomic mass is 10.0. The van der Waals surface area contributed by atoms with Crippen molar-refractivity contribution in [2.24, 2.45) is 0 Å². The molecule has 1 fully saturated rings. The molecule has 8 heteroatoms. The largest absolute Gasteiger partial charge is 0.492 e. The van der Waals surface area contributed by atoms with Crippen molar-refractivity contribution >= 4 is 46.2 Å². The van der Waals surface area contributed by atoms with Crippen LogP contribution in [-0.4, -0.2) is 56.2 Å². The predicted octanol–water partition coefficient (Wildman–Crippen LogP) is 4.58. The average Bonchev–Trinajstić information content (AvgIpc) is 3.48. The predicted molar refractivity (Wildman–Crippen MR) is 140 cm³/mol. The van der Waals surface area contributed by atoms with E-state index in [0.29, 0.717) is 23.6 Å². The van der Waals surface area contributed by atoms with E-state index >= 15 is 0 Å². The molecule has 3 aromatic rings. The van der Waals surface area contributed by atoms with Crippen molar-refractivity contribution in [1.82, 2.24) is 4.90 Å². The lowest BCUT2D eigenvalue weighted by molar-refractivity contribution is -0.114. The molecule has 0 radical (unpaired) electrons. The SMILES string of the molecule is CC(=O)Nc1ccc2c(c1)NC(=O)C2=Cc1ccc(OCCN2CCOCC2)c(-c2cccs2)c1. The second kappa shape index (κ2) is 10.4. The molecule has 0 spiro atoms. The molecule has 2 aromatic carbocycles. The summed E-state index contributed by atoms with van der Waals surface area (Å²) in [6.45, 7) is 6.33. The van der Waals surface area contributed by atoms with Crippen LogP contribution >= 0.6 is 11.3 Å². The van der Waals surface area contributed by atoms with Crippen molar-refractivity contribution in [3.63, 3.8) is 0 Å². The first-order chi connectivity index (χ1) is 17.1. The van der Waals surface area contributed by atoms with Crippen LogP contribution in [0.4, 0.5) is 11.4 Å². The van der Waals surface area contributed by atoms with Crippen LogP contribution in [0, 0.1) is 0 Å². The molecule has 0 bridgehead atoms. The molecule has 0 aliphatic carbocycles. The fraction of sp³-hybridized carbons (Fsp3) is 0.259. The molecule has 1 saturated heterocycles. The molecule has 2 aliphatic heterocycles. The Labute approximate surface area is 208 Å². The number of carbonyl (C=O) groups is 2. The molecule has 0 atom stereocenters. The Morgan fingerprint density at radius 1 is 1.17 bits per heavy atom. The first-order valence-electron chi connectivity index (χ1n) is 11.6. The molecule has 0 unspecified atom stereocenters. The van der Waals surface area contributed by atoms with Gasteiger partial charge in [-0.2, -0.15) is 0 Å². The van der Waals surface area contributed by atoms with Gasteiger partial charge in [-0.05, 0) is 47.4 Å². The van der Waals surface area contributed by atoms with E-state index in [4.69, 9.17) is 9.47 Å².